The first-order valence-electron chi connectivity index (χ1n) is 6.50. The fourth-order valence-corrected chi connectivity index (χ4v) is 1.92. The van der Waals surface area contributed by atoms with E-state index in [1.54, 1.807) is 19.1 Å². The summed E-state index contributed by atoms with van der Waals surface area (Å²) in [5, 5.41) is 0.788. The molecule has 1 unspecified atom stereocenters. The highest BCUT2D eigenvalue weighted by molar-refractivity contribution is 6.35. The first kappa shape index (κ1) is 17.6. The summed E-state index contributed by atoms with van der Waals surface area (Å²) in [6, 6.07) is 4.71. The average Bonchev–Trinajstić information content (AvgIpc) is 2.38. The summed E-state index contributed by atoms with van der Waals surface area (Å²) in [7, 11) is 0. The van der Waals surface area contributed by atoms with Crippen LogP contribution < -0.4 is 15.6 Å². The molecule has 0 heterocycles. The van der Waals surface area contributed by atoms with Gasteiger partial charge in [0.05, 0.1) is 5.02 Å². The predicted octanol–water partition coefficient (Wildman–Crippen LogP) is 2.95. The Morgan fingerprint density at radius 1 is 1.19 bits per heavy atom. The lowest BCUT2D eigenvalue weighted by Gasteiger charge is -2.16. The van der Waals surface area contributed by atoms with Crippen LogP contribution in [0.5, 0.6) is 5.75 Å². The summed E-state index contributed by atoms with van der Waals surface area (Å²) in [6.07, 6.45) is -0.485. The highest BCUT2D eigenvalue weighted by atomic mass is 35.5. The summed E-state index contributed by atoms with van der Waals surface area (Å²) in [5.41, 5.74) is 4.64. The molecule has 7 heteroatoms. The number of rotatable bonds is 5. The van der Waals surface area contributed by atoms with E-state index in [0.717, 1.165) is 0 Å². The molecule has 0 radical (unpaired) electrons. The van der Waals surface area contributed by atoms with Crippen molar-refractivity contribution in [3.63, 3.8) is 0 Å². The number of ether oxygens (including phenoxy) is 1. The number of carbonyl (C=O) groups is 2. The standard InChI is InChI=1S/C14H18Cl2N2O3/c1-8(2)6-13(19)17-18-14(20)9(3)21-12-5-4-10(15)7-11(12)16/h4-5,7-9H,6H2,1-3H3,(H,17,19)(H,18,20). The lowest BCUT2D eigenvalue weighted by atomic mass is 10.1. The van der Waals surface area contributed by atoms with Gasteiger partial charge in [-0.05, 0) is 31.0 Å². The van der Waals surface area contributed by atoms with Gasteiger partial charge in [-0.15, -0.1) is 0 Å². The van der Waals surface area contributed by atoms with E-state index in [9.17, 15) is 9.59 Å². The number of halogens is 2. The number of hydrazine groups is 1. The Morgan fingerprint density at radius 3 is 2.43 bits per heavy atom. The van der Waals surface area contributed by atoms with E-state index in [1.165, 1.54) is 6.07 Å². The van der Waals surface area contributed by atoms with Crippen LogP contribution in [0.25, 0.3) is 0 Å². The van der Waals surface area contributed by atoms with Crippen molar-refractivity contribution in [2.45, 2.75) is 33.3 Å². The predicted molar refractivity (Wildman–Crippen MR) is 82.3 cm³/mol. The fraction of sp³-hybridized carbons (Fsp3) is 0.429. The SMILES string of the molecule is CC(C)CC(=O)NNC(=O)C(C)Oc1ccc(Cl)cc1Cl. The van der Waals surface area contributed by atoms with Gasteiger partial charge >= 0.3 is 0 Å². The van der Waals surface area contributed by atoms with Gasteiger partial charge in [0.15, 0.2) is 6.10 Å². The Balaban J connectivity index is 2.49. The highest BCUT2D eigenvalue weighted by Gasteiger charge is 2.17. The van der Waals surface area contributed by atoms with Gasteiger partial charge in [0, 0.05) is 11.4 Å². The van der Waals surface area contributed by atoms with Crippen LogP contribution in [0.1, 0.15) is 27.2 Å². The molecule has 5 nitrogen and oxygen atoms in total. The van der Waals surface area contributed by atoms with Crippen LogP contribution in [0.4, 0.5) is 0 Å². The summed E-state index contributed by atoms with van der Waals surface area (Å²) < 4.78 is 5.42. The molecule has 0 saturated carbocycles. The van der Waals surface area contributed by atoms with Crippen LogP contribution in [0, 0.1) is 5.92 Å². The number of carbonyl (C=O) groups excluding carboxylic acids is 2. The molecule has 0 aliphatic heterocycles. The third kappa shape index (κ3) is 6.23. The van der Waals surface area contributed by atoms with Crippen molar-refractivity contribution in [2.75, 3.05) is 0 Å². The van der Waals surface area contributed by atoms with Gasteiger partial charge in [0.2, 0.25) is 5.91 Å². The number of benzene rings is 1. The van der Waals surface area contributed by atoms with Crippen molar-refractivity contribution >= 4 is 35.0 Å². The van der Waals surface area contributed by atoms with Crippen molar-refractivity contribution in [1.29, 1.82) is 0 Å². The van der Waals surface area contributed by atoms with Crippen LogP contribution >= 0.6 is 23.2 Å². The van der Waals surface area contributed by atoms with Gasteiger partial charge < -0.3 is 4.74 Å². The largest absolute Gasteiger partial charge is 0.479 e. The summed E-state index contributed by atoms with van der Waals surface area (Å²) in [5.74, 6) is -0.172. The van der Waals surface area contributed by atoms with E-state index in [4.69, 9.17) is 27.9 Å². The first-order chi connectivity index (χ1) is 9.79. The molecule has 1 aromatic carbocycles. The smallest absolute Gasteiger partial charge is 0.279 e. The molecule has 0 fully saturated rings. The van der Waals surface area contributed by atoms with E-state index in [-0.39, 0.29) is 11.8 Å². The monoisotopic (exact) mass is 332 g/mol. The van der Waals surface area contributed by atoms with Gasteiger partial charge in [0.25, 0.3) is 5.91 Å². The molecule has 21 heavy (non-hydrogen) atoms. The maximum atomic E-state index is 11.8. The van der Waals surface area contributed by atoms with Crippen molar-refractivity contribution in [1.82, 2.24) is 10.9 Å². The number of amides is 2. The van der Waals surface area contributed by atoms with Gasteiger partial charge in [-0.1, -0.05) is 37.0 Å². The third-order valence-corrected chi connectivity index (χ3v) is 3.02. The second-order valence-corrected chi connectivity index (χ2v) is 5.81. The Morgan fingerprint density at radius 2 is 1.86 bits per heavy atom. The summed E-state index contributed by atoms with van der Waals surface area (Å²) in [4.78, 5) is 23.2. The zero-order valence-electron chi connectivity index (χ0n) is 12.1. The first-order valence-corrected chi connectivity index (χ1v) is 7.25. The van der Waals surface area contributed by atoms with E-state index in [2.05, 4.69) is 10.9 Å². The number of nitrogens with one attached hydrogen (secondary N) is 2. The quantitative estimate of drug-likeness (QED) is 0.814. The Kier molecular flexibility index (Phi) is 6.78. The van der Waals surface area contributed by atoms with Gasteiger partial charge in [-0.2, -0.15) is 0 Å². The van der Waals surface area contributed by atoms with Crippen LogP contribution in [0.3, 0.4) is 0 Å². The van der Waals surface area contributed by atoms with E-state index in [0.29, 0.717) is 22.2 Å². The van der Waals surface area contributed by atoms with Crippen LogP contribution in [-0.2, 0) is 9.59 Å². The van der Waals surface area contributed by atoms with Gasteiger partial charge in [-0.25, -0.2) is 0 Å². The Bertz CT molecular complexity index is 521. The molecule has 0 bridgehead atoms. The Hall–Kier alpha value is -1.46. The molecule has 0 aliphatic carbocycles. The molecular weight excluding hydrogens is 315 g/mol. The molecule has 0 aliphatic rings. The van der Waals surface area contributed by atoms with E-state index < -0.39 is 12.0 Å². The maximum absolute atomic E-state index is 11.8. The lowest BCUT2D eigenvalue weighted by Crippen LogP contribution is -2.47. The fourth-order valence-electron chi connectivity index (χ4n) is 1.47. The zero-order valence-corrected chi connectivity index (χ0v) is 13.6. The zero-order chi connectivity index (χ0) is 16.0. The molecule has 1 atom stereocenters. The second-order valence-electron chi connectivity index (χ2n) is 4.97. The minimum absolute atomic E-state index is 0.212. The molecule has 0 spiro atoms. The number of hydrogen-bond acceptors (Lipinski definition) is 3. The van der Waals surface area contributed by atoms with Crippen LogP contribution in [0.15, 0.2) is 18.2 Å². The molecule has 1 aromatic rings. The Labute approximate surface area is 133 Å². The van der Waals surface area contributed by atoms with Crippen LogP contribution in [0.2, 0.25) is 10.0 Å². The van der Waals surface area contributed by atoms with Crippen LogP contribution in [-0.4, -0.2) is 17.9 Å². The molecule has 2 N–H and O–H groups in total. The molecule has 116 valence electrons. The van der Waals surface area contributed by atoms with Crippen molar-refractivity contribution in [3.8, 4) is 5.75 Å². The topological polar surface area (TPSA) is 67.4 Å². The van der Waals surface area contributed by atoms with Gasteiger partial charge in [-0.3, -0.25) is 20.4 Å². The van der Waals surface area contributed by atoms with Gasteiger partial charge in [0.1, 0.15) is 5.75 Å². The second kappa shape index (κ2) is 8.10. The highest BCUT2D eigenvalue weighted by Crippen LogP contribution is 2.28. The lowest BCUT2D eigenvalue weighted by molar-refractivity contribution is -0.133. The number of hydrogen-bond donors (Lipinski definition) is 2. The van der Waals surface area contributed by atoms with E-state index >= 15 is 0 Å². The molecule has 2 amide bonds. The molecular formula is C14H18Cl2N2O3. The molecule has 0 aromatic heterocycles. The third-order valence-electron chi connectivity index (χ3n) is 2.49. The minimum atomic E-state index is -0.817. The molecule has 0 saturated heterocycles. The normalized spacial score (nSPS) is 11.9. The van der Waals surface area contributed by atoms with E-state index in [1.807, 2.05) is 13.8 Å². The van der Waals surface area contributed by atoms with Crippen molar-refractivity contribution < 1.29 is 14.3 Å². The average molecular weight is 333 g/mol. The minimum Gasteiger partial charge on any atom is -0.479 e. The maximum Gasteiger partial charge on any atom is 0.279 e. The van der Waals surface area contributed by atoms with Crippen molar-refractivity contribution in [2.24, 2.45) is 5.92 Å². The van der Waals surface area contributed by atoms with Crippen molar-refractivity contribution in [3.05, 3.63) is 28.2 Å². The summed E-state index contributed by atoms with van der Waals surface area (Å²) >= 11 is 11.7. The summed E-state index contributed by atoms with van der Waals surface area (Å²) in [6.45, 7) is 5.38. The molecule has 1 rings (SSSR count).